The molecule has 1 aromatic rings. The first-order valence-electron chi connectivity index (χ1n) is 13.1. The van der Waals surface area contributed by atoms with Crippen LogP contribution in [-0.2, 0) is 25.3 Å². The number of rotatable bonds is 15. The number of aliphatic imine (C=N–C) groups is 2. The first-order valence-corrected chi connectivity index (χ1v) is 13.1. The van der Waals surface area contributed by atoms with E-state index in [0.29, 0.717) is 44.4 Å². The Balaban J connectivity index is 2.14. The second-order valence-electron chi connectivity index (χ2n) is 9.73. The third-order valence-corrected chi connectivity index (χ3v) is 6.09. The van der Waals surface area contributed by atoms with Crippen LogP contribution in [0.2, 0.25) is 0 Å². The number of hydrogen-bond acceptors (Lipinski definition) is 7. The van der Waals surface area contributed by atoms with Gasteiger partial charge in [-0.15, -0.1) is 0 Å². The molecular formula is C27H42BN5O4. The van der Waals surface area contributed by atoms with Crippen LogP contribution in [0.25, 0.3) is 0 Å². The SMILES string of the molecule is C=N/C(=C\N=C/C)C(=O)NC(Cc1ccccc1)C(=O)NC(CC(C)C)B1OCC(CCCCN)CO1. The first-order chi connectivity index (χ1) is 17.9. The van der Waals surface area contributed by atoms with Crippen molar-refractivity contribution in [2.45, 2.75) is 64.9 Å². The maximum Gasteiger partial charge on any atom is 0.480 e. The molecule has 1 heterocycles. The van der Waals surface area contributed by atoms with Gasteiger partial charge in [-0.3, -0.25) is 19.6 Å². The molecule has 0 radical (unpaired) electrons. The summed E-state index contributed by atoms with van der Waals surface area (Å²) in [5.74, 6) is -0.575. The van der Waals surface area contributed by atoms with Gasteiger partial charge in [0.1, 0.15) is 11.7 Å². The normalized spacial score (nSPS) is 16.6. The van der Waals surface area contributed by atoms with E-state index in [4.69, 9.17) is 15.0 Å². The molecular weight excluding hydrogens is 469 g/mol. The van der Waals surface area contributed by atoms with Gasteiger partial charge in [0.2, 0.25) is 5.91 Å². The molecule has 0 spiro atoms. The van der Waals surface area contributed by atoms with Crippen LogP contribution < -0.4 is 16.4 Å². The summed E-state index contributed by atoms with van der Waals surface area (Å²) >= 11 is 0. The van der Waals surface area contributed by atoms with Crippen LogP contribution in [0.1, 0.15) is 52.0 Å². The average molecular weight is 511 g/mol. The minimum Gasteiger partial charge on any atom is -0.409 e. The lowest BCUT2D eigenvalue weighted by Crippen LogP contribution is -2.57. The van der Waals surface area contributed by atoms with Gasteiger partial charge < -0.3 is 25.7 Å². The third-order valence-electron chi connectivity index (χ3n) is 6.09. The van der Waals surface area contributed by atoms with Crippen LogP contribution >= 0.6 is 0 Å². The summed E-state index contributed by atoms with van der Waals surface area (Å²) in [5, 5.41) is 5.90. The number of nitrogens with zero attached hydrogens (tertiary/aromatic N) is 2. The molecule has 10 heteroatoms. The molecule has 1 aliphatic rings. The molecule has 37 heavy (non-hydrogen) atoms. The number of carbonyl (C=O) groups excluding carboxylic acids is 2. The lowest BCUT2D eigenvalue weighted by molar-refractivity contribution is -0.127. The Morgan fingerprint density at radius 2 is 1.89 bits per heavy atom. The number of nitrogens with one attached hydrogen (secondary N) is 2. The molecule has 0 saturated carbocycles. The van der Waals surface area contributed by atoms with Crippen molar-refractivity contribution < 1.29 is 18.9 Å². The standard InChI is InChI=1S/C27H42BN5O4/c1-5-31-17-24(30-4)27(35)32-23(16-21-11-7-6-8-12-21)26(34)33-25(15-20(2)3)28-36-18-22(19-37-28)13-9-10-14-29/h5-8,11-12,17,20,22-23,25H,4,9-10,13-16,18-19,29H2,1-3H3,(H,32,35)(H,33,34)/b24-17-,31-5-. The molecule has 2 atom stereocenters. The minimum absolute atomic E-state index is 0.0299. The van der Waals surface area contributed by atoms with Crippen molar-refractivity contribution in [2.75, 3.05) is 19.8 Å². The quantitative estimate of drug-likeness (QED) is 0.144. The van der Waals surface area contributed by atoms with Crippen molar-refractivity contribution in [3.8, 4) is 0 Å². The van der Waals surface area contributed by atoms with Crippen molar-refractivity contribution in [1.29, 1.82) is 0 Å². The van der Waals surface area contributed by atoms with E-state index in [1.54, 1.807) is 6.92 Å². The van der Waals surface area contributed by atoms with Gasteiger partial charge in [-0.2, -0.15) is 0 Å². The highest BCUT2D eigenvalue weighted by Gasteiger charge is 2.38. The highest BCUT2D eigenvalue weighted by molar-refractivity contribution is 6.47. The van der Waals surface area contributed by atoms with Gasteiger partial charge in [-0.1, -0.05) is 50.6 Å². The van der Waals surface area contributed by atoms with Crippen molar-refractivity contribution in [2.24, 2.45) is 27.6 Å². The van der Waals surface area contributed by atoms with Crippen LogP contribution in [0.15, 0.2) is 52.2 Å². The van der Waals surface area contributed by atoms with Crippen molar-refractivity contribution in [1.82, 2.24) is 10.6 Å². The van der Waals surface area contributed by atoms with Gasteiger partial charge in [-0.25, -0.2) is 0 Å². The fraction of sp³-hybridized carbons (Fsp3) is 0.556. The number of carbonyl (C=O) groups is 2. The molecule has 1 saturated heterocycles. The van der Waals surface area contributed by atoms with E-state index in [1.807, 2.05) is 30.3 Å². The predicted molar refractivity (Wildman–Crippen MR) is 149 cm³/mol. The van der Waals surface area contributed by atoms with Gasteiger partial charge in [0.05, 0.1) is 12.1 Å². The maximum atomic E-state index is 13.5. The summed E-state index contributed by atoms with van der Waals surface area (Å²) in [7, 11) is -0.547. The molecule has 202 valence electrons. The van der Waals surface area contributed by atoms with E-state index >= 15 is 0 Å². The van der Waals surface area contributed by atoms with Gasteiger partial charge in [0.15, 0.2) is 0 Å². The van der Waals surface area contributed by atoms with Gasteiger partial charge >= 0.3 is 7.12 Å². The molecule has 2 rings (SSSR count). The summed E-state index contributed by atoms with van der Waals surface area (Å²) in [6.45, 7) is 11.2. The number of amides is 2. The van der Waals surface area contributed by atoms with E-state index in [9.17, 15) is 9.59 Å². The molecule has 0 bridgehead atoms. The zero-order valence-electron chi connectivity index (χ0n) is 22.4. The summed E-state index contributed by atoms with van der Waals surface area (Å²) < 4.78 is 12.1. The monoisotopic (exact) mass is 511 g/mol. The Morgan fingerprint density at radius 1 is 1.19 bits per heavy atom. The number of hydrogen-bond donors (Lipinski definition) is 3. The topological polar surface area (TPSA) is 127 Å². The Labute approximate surface area is 221 Å². The Kier molecular flexibility index (Phi) is 13.8. The Morgan fingerprint density at radius 3 is 2.49 bits per heavy atom. The Bertz CT molecular complexity index is 901. The molecule has 0 aliphatic carbocycles. The van der Waals surface area contributed by atoms with Crippen LogP contribution in [0.4, 0.5) is 0 Å². The van der Waals surface area contributed by atoms with Crippen molar-refractivity contribution in [3.63, 3.8) is 0 Å². The minimum atomic E-state index is -0.840. The summed E-state index contributed by atoms with van der Waals surface area (Å²) in [6, 6.07) is 8.69. The fourth-order valence-corrected chi connectivity index (χ4v) is 4.17. The van der Waals surface area contributed by atoms with E-state index in [0.717, 1.165) is 24.8 Å². The van der Waals surface area contributed by atoms with Gasteiger partial charge in [0.25, 0.3) is 5.91 Å². The van der Waals surface area contributed by atoms with E-state index in [2.05, 4.69) is 41.2 Å². The predicted octanol–water partition coefficient (Wildman–Crippen LogP) is 2.70. The van der Waals surface area contributed by atoms with Crippen LogP contribution in [0.3, 0.4) is 0 Å². The molecule has 1 fully saturated rings. The van der Waals surface area contributed by atoms with Crippen LogP contribution in [0.5, 0.6) is 0 Å². The maximum absolute atomic E-state index is 13.5. The smallest absolute Gasteiger partial charge is 0.409 e. The highest BCUT2D eigenvalue weighted by atomic mass is 16.6. The molecule has 4 N–H and O–H groups in total. The number of nitrogens with two attached hydrogens (primary N) is 1. The molecule has 2 unspecified atom stereocenters. The van der Waals surface area contributed by atoms with Crippen LogP contribution in [0, 0.1) is 11.8 Å². The average Bonchev–Trinajstić information content (AvgIpc) is 2.89. The van der Waals surface area contributed by atoms with Crippen LogP contribution in [-0.4, -0.2) is 63.6 Å². The van der Waals surface area contributed by atoms with E-state index in [-0.39, 0.29) is 17.5 Å². The van der Waals surface area contributed by atoms with Crippen molar-refractivity contribution >= 4 is 31.9 Å². The lowest BCUT2D eigenvalue weighted by Gasteiger charge is -2.33. The summed E-state index contributed by atoms with van der Waals surface area (Å²) in [4.78, 5) is 34.1. The zero-order chi connectivity index (χ0) is 27.0. The molecule has 0 aromatic heterocycles. The first kappa shape index (κ1) is 30.4. The summed E-state index contributed by atoms with van der Waals surface area (Å²) in [6.07, 6.45) is 6.88. The second-order valence-corrected chi connectivity index (χ2v) is 9.73. The van der Waals surface area contributed by atoms with Gasteiger partial charge in [0, 0.05) is 31.8 Å². The third kappa shape index (κ3) is 11.0. The van der Waals surface area contributed by atoms with Crippen molar-refractivity contribution in [3.05, 3.63) is 47.8 Å². The number of unbranched alkanes of at least 4 members (excludes halogenated alkanes) is 1. The second kappa shape index (κ2) is 16.8. The lowest BCUT2D eigenvalue weighted by atomic mass is 9.72. The molecule has 1 aromatic carbocycles. The zero-order valence-corrected chi connectivity index (χ0v) is 22.4. The fourth-order valence-electron chi connectivity index (χ4n) is 4.17. The molecule has 1 aliphatic heterocycles. The summed E-state index contributed by atoms with van der Waals surface area (Å²) in [5.41, 5.74) is 6.55. The van der Waals surface area contributed by atoms with E-state index in [1.165, 1.54) is 12.4 Å². The Hall–Kier alpha value is -2.82. The highest BCUT2D eigenvalue weighted by Crippen LogP contribution is 2.20. The molecule has 9 nitrogen and oxygen atoms in total. The number of benzene rings is 1. The van der Waals surface area contributed by atoms with Gasteiger partial charge in [-0.05, 0) is 50.9 Å². The van der Waals surface area contributed by atoms with E-state index < -0.39 is 19.1 Å². The molecule has 2 amide bonds. The largest absolute Gasteiger partial charge is 0.480 e.